The predicted octanol–water partition coefficient (Wildman–Crippen LogP) is 3.52. The van der Waals surface area contributed by atoms with Crippen LogP contribution in [-0.2, 0) is 31.4 Å². The van der Waals surface area contributed by atoms with Gasteiger partial charge in [0.25, 0.3) is 0 Å². The van der Waals surface area contributed by atoms with E-state index in [0.29, 0.717) is 44.0 Å². The summed E-state index contributed by atoms with van der Waals surface area (Å²) in [5, 5.41) is 3.09. The number of hydrogen-bond donors (Lipinski definition) is 1. The average molecular weight is 489 g/mol. The van der Waals surface area contributed by atoms with Gasteiger partial charge >= 0.3 is 0 Å². The molecular formula is C26H36N2O5S. The molecule has 34 heavy (non-hydrogen) atoms. The monoisotopic (exact) mass is 488 g/mol. The highest BCUT2D eigenvalue weighted by atomic mass is 32.2. The van der Waals surface area contributed by atoms with Gasteiger partial charge < -0.3 is 14.8 Å². The zero-order valence-corrected chi connectivity index (χ0v) is 21.4. The maximum atomic E-state index is 13.0. The SMILES string of the molecule is COc1ccc(S(=O)(=O)N2CCOCC2)cc1CCC(=O)NC(C)CC(C)(C)c1ccccc1. The Bertz CT molecular complexity index is 1060. The molecule has 1 N–H and O–H groups in total. The minimum Gasteiger partial charge on any atom is -0.496 e. The molecule has 7 nitrogen and oxygen atoms in total. The summed E-state index contributed by atoms with van der Waals surface area (Å²) in [6.45, 7) is 7.82. The van der Waals surface area contributed by atoms with Crippen LogP contribution in [0.2, 0.25) is 0 Å². The number of aryl methyl sites for hydroxylation is 1. The predicted molar refractivity (Wildman–Crippen MR) is 133 cm³/mol. The second-order valence-corrected chi connectivity index (χ2v) is 11.4. The van der Waals surface area contributed by atoms with Gasteiger partial charge in [0, 0.05) is 25.6 Å². The molecule has 0 aliphatic carbocycles. The zero-order valence-electron chi connectivity index (χ0n) is 20.5. The van der Waals surface area contributed by atoms with Crippen LogP contribution in [-0.4, -0.2) is 58.1 Å². The molecule has 1 fully saturated rings. The number of ether oxygens (including phenoxy) is 2. The molecule has 0 aromatic heterocycles. The van der Waals surface area contributed by atoms with Crippen LogP contribution in [0.1, 0.15) is 44.7 Å². The van der Waals surface area contributed by atoms with Crippen LogP contribution in [0.3, 0.4) is 0 Å². The first-order valence-electron chi connectivity index (χ1n) is 11.7. The van der Waals surface area contributed by atoms with Crippen molar-refractivity contribution < 1.29 is 22.7 Å². The third-order valence-corrected chi connectivity index (χ3v) is 8.15. The highest BCUT2D eigenvalue weighted by Crippen LogP contribution is 2.29. The van der Waals surface area contributed by atoms with Crippen LogP contribution in [0.25, 0.3) is 0 Å². The quantitative estimate of drug-likeness (QED) is 0.553. The average Bonchev–Trinajstić information content (AvgIpc) is 2.83. The Labute approximate surface area is 203 Å². The van der Waals surface area contributed by atoms with Crippen molar-refractivity contribution in [2.24, 2.45) is 0 Å². The largest absolute Gasteiger partial charge is 0.496 e. The second kappa shape index (κ2) is 11.3. The Morgan fingerprint density at radius 3 is 2.47 bits per heavy atom. The van der Waals surface area contributed by atoms with Crippen LogP contribution >= 0.6 is 0 Å². The number of nitrogens with zero attached hydrogens (tertiary/aromatic N) is 1. The van der Waals surface area contributed by atoms with E-state index in [4.69, 9.17) is 9.47 Å². The molecule has 1 saturated heterocycles. The third-order valence-electron chi connectivity index (χ3n) is 6.26. The number of carbonyl (C=O) groups is 1. The maximum absolute atomic E-state index is 13.0. The first kappa shape index (κ1) is 26.2. The van der Waals surface area contributed by atoms with Crippen molar-refractivity contribution in [1.82, 2.24) is 9.62 Å². The number of morpholine rings is 1. The van der Waals surface area contributed by atoms with Crippen LogP contribution in [0.15, 0.2) is 53.4 Å². The molecule has 0 saturated carbocycles. The zero-order chi connectivity index (χ0) is 24.8. The van der Waals surface area contributed by atoms with Crippen LogP contribution in [0.4, 0.5) is 0 Å². The van der Waals surface area contributed by atoms with E-state index in [1.165, 1.54) is 9.87 Å². The fourth-order valence-electron chi connectivity index (χ4n) is 4.47. The van der Waals surface area contributed by atoms with Crippen LogP contribution in [0.5, 0.6) is 5.75 Å². The van der Waals surface area contributed by atoms with E-state index >= 15 is 0 Å². The van der Waals surface area contributed by atoms with Crippen molar-refractivity contribution in [3.8, 4) is 5.75 Å². The standard InChI is InChI=1S/C26H36N2O5S/c1-20(19-26(2,3)22-8-6-5-7-9-22)27-25(29)13-10-21-18-23(11-12-24(21)32-4)34(30,31)28-14-16-33-17-15-28/h5-9,11-12,18,20H,10,13-17,19H2,1-4H3,(H,27,29). The summed E-state index contributed by atoms with van der Waals surface area (Å²) in [4.78, 5) is 12.9. The molecule has 1 atom stereocenters. The molecule has 1 aliphatic rings. The smallest absolute Gasteiger partial charge is 0.243 e. The Balaban J connectivity index is 1.62. The molecule has 0 bridgehead atoms. The lowest BCUT2D eigenvalue weighted by Crippen LogP contribution is -2.40. The molecule has 186 valence electrons. The first-order chi connectivity index (χ1) is 16.1. The number of benzene rings is 2. The van der Waals surface area contributed by atoms with Gasteiger partial charge in [0.2, 0.25) is 15.9 Å². The third kappa shape index (κ3) is 6.58. The topological polar surface area (TPSA) is 84.9 Å². The van der Waals surface area contributed by atoms with Gasteiger partial charge in [0.15, 0.2) is 0 Å². The summed E-state index contributed by atoms with van der Waals surface area (Å²) in [6, 6.07) is 15.1. The van der Waals surface area contributed by atoms with Crippen LogP contribution in [0, 0.1) is 0 Å². The molecule has 0 spiro atoms. The van der Waals surface area contributed by atoms with Gasteiger partial charge in [-0.2, -0.15) is 4.31 Å². The Hall–Kier alpha value is -2.42. The number of methoxy groups -OCH3 is 1. The molecule has 1 unspecified atom stereocenters. The molecule has 8 heteroatoms. The summed E-state index contributed by atoms with van der Waals surface area (Å²) in [7, 11) is -2.07. The molecule has 1 amide bonds. The van der Waals surface area contributed by atoms with Gasteiger partial charge in [-0.3, -0.25) is 4.79 Å². The van der Waals surface area contributed by atoms with Crippen molar-refractivity contribution in [3.63, 3.8) is 0 Å². The molecule has 3 rings (SSSR count). The molecule has 0 radical (unpaired) electrons. The second-order valence-electron chi connectivity index (χ2n) is 9.41. The molecule has 1 heterocycles. The lowest BCUT2D eigenvalue weighted by atomic mass is 9.79. The van der Waals surface area contributed by atoms with Gasteiger partial charge in [-0.05, 0) is 54.5 Å². The lowest BCUT2D eigenvalue weighted by Gasteiger charge is -2.29. The van der Waals surface area contributed by atoms with E-state index in [9.17, 15) is 13.2 Å². The first-order valence-corrected chi connectivity index (χ1v) is 13.2. The summed E-state index contributed by atoms with van der Waals surface area (Å²) < 4.78 is 38.2. The number of rotatable bonds is 10. The fourth-order valence-corrected chi connectivity index (χ4v) is 5.92. The Morgan fingerprint density at radius 1 is 1.15 bits per heavy atom. The van der Waals surface area contributed by atoms with E-state index in [1.54, 1.807) is 25.3 Å². The van der Waals surface area contributed by atoms with Crippen LogP contribution < -0.4 is 10.1 Å². The minimum absolute atomic E-state index is 0.00219. The van der Waals surface area contributed by atoms with Gasteiger partial charge in [-0.15, -0.1) is 0 Å². The van der Waals surface area contributed by atoms with Crippen molar-refractivity contribution in [1.29, 1.82) is 0 Å². The number of sulfonamides is 1. The van der Waals surface area contributed by atoms with E-state index in [2.05, 4.69) is 31.3 Å². The van der Waals surface area contributed by atoms with E-state index in [1.807, 2.05) is 25.1 Å². The lowest BCUT2D eigenvalue weighted by molar-refractivity contribution is -0.121. The molecule has 2 aromatic rings. The number of nitrogens with one attached hydrogen (secondary N) is 1. The summed E-state index contributed by atoms with van der Waals surface area (Å²) in [6.07, 6.45) is 1.43. The van der Waals surface area contributed by atoms with E-state index < -0.39 is 10.0 Å². The van der Waals surface area contributed by atoms with Gasteiger partial charge in [-0.1, -0.05) is 44.2 Å². The van der Waals surface area contributed by atoms with Gasteiger partial charge in [0.1, 0.15) is 5.75 Å². The normalized spacial score (nSPS) is 16.1. The summed E-state index contributed by atoms with van der Waals surface area (Å²) in [5.74, 6) is 0.506. The number of carbonyl (C=O) groups excluding carboxylic acids is 1. The van der Waals surface area contributed by atoms with Gasteiger partial charge in [0.05, 0.1) is 25.2 Å². The highest BCUT2D eigenvalue weighted by molar-refractivity contribution is 7.89. The molecular weight excluding hydrogens is 452 g/mol. The number of hydrogen-bond acceptors (Lipinski definition) is 5. The maximum Gasteiger partial charge on any atom is 0.243 e. The minimum atomic E-state index is -3.62. The molecule has 2 aromatic carbocycles. The van der Waals surface area contributed by atoms with Crippen molar-refractivity contribution in [2.75, 3.05) is 33.4 Å². The van der Waals surface area contributed by atoms with E-state index in [0.717, 1.165) is 6.42 Å². The molecule has 1 aliphatic heterocycles. The Kier molecular flexibility index (Phi) is 8.73. The van der Waals surface area contributed by atoms with Crippen molar-refractivity contribution >= 4 is 15.9 Å². The van der Waals surface area contributed by atoms with Crippen molar-refractivity contribution in [2.45, 2.75) is 56.4 Å². The number of amides is 1. The summed E-state index contributed by atoms with van der Waals surface area (Å²) >= 11 is 0. The fraction of sp³-hybridized carbons (Fsp3) is 0.500. The van der Waals surface area contributed by atoms with Gasteiger partial charge in [-0.25, -0.2) is 8.42 Å². The summed E-state index contributed by atoms with van der Waals surface area (Å²) in [5.41, 5.74) is 1.86. The Morgan fingerprint density at radius 2 is 1.82 bits per heavy atom. The van der Waals surface area contributed by atoms with E-state index in [-0.39, 0.29) is 28.7 Å². The highest BCUT2D eigenvalue weighted by Gasteiger charge is 2.27. The van der Waals surface area contributed by atoms with Crippen molar-refractivity contribution in [3.05, 3.63) is 59.7 Å².